The van der Waals surface area contributed by atoms with Gasteiger partial charge in [-0.2, -0.15) is 0 Å². The van der Waals surface area contributed by atoms with Gasteiger partial charge in [0.1, 0.15) is 11.6 Å². The summed E-state index contributed by atoms with van der Waals surface area (Å²) in [6, 6.07) is -0.850. The molecule has 0 radical (unpaired) electrons. The molecule has 35 heavy (non-hydrogen) atoms. The molecule has 0 aromatic carbocycles. The predicted molar refractivity (Wildman–Crippen MR) is 134 cm³/mol. The Kier molecular flexibility index (Phi) is 8.01. The van der Waals surface area contributed by atoms with Crippen LogP contribution in [-0.4, -0.2) is 64.0 Å². The number of ether oxygens (including phenoxy) is 1. The summed E-state index contributed by atoms with van der Waals surface area (Å²) in [6.45, 7) is 15.0. The van der Waals surface area contributed by atoms with Crippen LogP contribution in [0.4, 0.5) is 10.7 Å². The molecule has 11 heteroatoms. The smallest absolute Gasteiger partial charge is 0.444 e. The summed E-state index contributed by atoms with van der Waals surface area (Å²) in [5.74, 6) is 0.225. The zero-order valence-electron chi connectivity index (χ0n) is 22.2. The highest BCUT2D eigenvalue weighted by Gasteiger charge is 2.52. The molecule has 1 aromatic heterocycles. The summed E-state index contributed by atoms with van der Waals surface area (Å²) in [5, 5.41) is 9.02. The highest BCUT2D eigenvalue weighted by Crippen LogP contribution is 2.36. The SMILES string of the molecule is C[C@H](NC(=O)OC(C)(C)C)C(=O)N[C@H]1CCCC[C@H]1Nc1ncc(B2OC(C)(C)C(C)(C)O2)cn1. The van der Waals surface area contributed by atoms with E-state index in [9.17, 15) is 9.59 Å². The Bertz CT molecular complexity index is 887. The number of nitrogens with one attached hydrogen (secondary N) is 3. The minimum Gasteiger partial charge on any atom is -0.444 e. The van der Waals surface area contributed by atoms with Crippen molar-refractivity contribution in [3.63, 3.8) is 0 Å². The summed E-state index contributed by atoms with van der Waals surface area (Å²) in [5.41, 5.74) is -0.740. The number of amides is 2. The topological polar surface area (TPSA) is 124 Å². The van der Waals surface area contributed by atoms with Crippen LogP contribution in [0.3, 0.4) is 0 Å². The third kappa shape index (κ3) is 7.07. The molecule has 1 aromatic rings. The van der Waals surface area contributed by atoms with E-state index >= 15 is 0 Å². The third-order valence-corrected chi connectivity index (χ3v) is 6.73. The van der Waals surface area contributed by atoms with Crippen LogP contribution in [0.15, 0.2) is 12.4 Å². The predicted octanol–water partition coefficient (Wildman–Crippen LogP) is 2.53. The lowest BCUT2D eigenvalue weighted by Crippen LogP contribution is -2.54. The molecule has 1 aliphatic heterocycles. The fourth-order valence-electron chi connectivity index (χ4n) is 4.01. The van der Waals surface area contributed by atoms with Crippen LogP contribution in [0.2, 0.25) is 0 Å². The summed E-state index contributed by atoms with van der Waals surface area (Å²) in [4.78, 5) is 33.7. The van der Waals surface area contributed by atoms with Gasteiger partial charge in [0.15, 0.2) is 0 Å². The Morgan fingerprint density at radius 3 is 2.14 bits per heavy atom. The molecule has 2 aliphatic rings. The van der Waals surface area contributed by atoms with Gasteiger partial charge in [-0.25, -0.2) is 14.8 Å². The van der Waals surface area contributed by atoms with Crippen molar-refractivity contribution in [1.29, 1.82) is 0 Å². The number of carbonyl (C=O) groups is 2. The number of nitrogens with zero attached hydrogens (tertiary/aromatic N) is 2. The maximum absolute atomic E-state index is 12.7. The van der Waals surface area contributed by atoms with Crippen molar-refractivity contribution in [2.75, 3.05) is 5.32 Å². The van der Waals surface area contributed by atoms with Gasteiger partial charge in [0.25, 0.3) is 0 Å². The van der Waals surface area contributed by atoms with E-state index in [2.05, 4.69) is 25.9 Å². The second-order valence-corrected chi connectivity index (χ2v) is 11.4. The van der Waals surface area contributed by atoms with Crippen LogP contribution in [-0.2, 0) is 18.8 Å². The summed E-state index contributed by atoms with van der Waals surface area (Å²) in [6.07, 6.45) is 6.56. The van der Waals surface area contributed by atoms with Gasteiger partial charge in [0.2, 0.25) is 11.9 Å². The van der Waals surface area contributed by atoms with E-state index in [0.717, 1.165) is 31.1 Å². The summed E-state index contributed by atoms with van der Waals surface area (Å²) in [7, 11) is -0.519. The van der Waals surface area contributed by atoms with Crippen LogP contribution in [0.25, 0.3) is 0 Å². The van der Waals surface area contributed by atoms with Crippen molar-refractivity contribution in [3.8, 4) is 0 Å². The van der Waals surface area contributed by atoms with Gasteiger partial charge in [0.05, 0.1) is 11.2 Å². The molecule has 0 spiro atoms. The van der Waals surface area contributed by atoms with Crippen LogP contribution in [0.5, 0.6) is 0 Å². The monoisotopic (exact) mass is 489 g/mol. The first kappa shape index (κ1) is 27.2. The molecule has 2 heterocycles. The molecule has 1 aliphatic carbocycles. The number of anilines is 1. The number of hydrogen-bond acceptors (Lipinski definition) is 8. The fraction of sp³-hybridized carbons (Fsp3) is 0.750. The zero-order valence-corrected chi connectivity index (χ0v) is 22.2. The van der Waals surface area contributed by atoms with Gasteiger partial charge >= 0.3 is 13.2 Å². The van der Waals surface area contributed by atoms with Crippen LogP contribution in [0, 0.1) is 0 Å². The number of carbonyl (C=O) groups excluding carboxylic acids is 2. The van der Waals surface area contributed by atoms with Gasteiger partial charge in [-0.15, -0.1) is 0 Å². The summed E-state index contributed by atoms with van der Waals surface area (Å²) < 4.78 is 17.4. The third-order valence-electron chi connectivity index (χ3n) is 6.73. The number of aromatic nitrogens is 2. The van der Waals surface area contributed by atoms with Crippen molar-refractivity contribution < 1.29 is 23.6 Å². The Labute approximate surface area is 208 Å². The molecule has 3 atom stereocenters. The second kappa shape index (κ2) is 10.3. The number of hydrogen-bond donors (Lipinski definition) is 3. The van der Waals surface area contributed by atoms with Gasteiger partial charge in [-0.1, -0.05) is 12.8 Å². The lowest BCUT2D eigenvalue weighted by atomic mass is 9.81. The Balaban J connectivity index is 1.57. The van der Waals surface area contributed by atoms with Crippen molar-refractivity contribution >= 4 is 30.5 Å². The fourth-order valence-corrected chi connectivity index (χ4v) is 4.01. The largest absolute Gasteiger partial charge is 0.498 e. The van der Waals surface area contributed by atoms with Crippen molar-refractivity contribution in [2.45, 2.75) is 116 Å². The lowest BCUT2D eigenvalue weighted by molar-refractivity contribution is -0.123. The van der Waals surface area contributed by atoms with E-state index in [1.165, 1.54) is 0 Å². The number of alkyl carbamates (subject to hydrolysis) is 1. The number of rotatable bonds is 6. The van der Waals surface area contributed by atoms with E-state index in [4.69, 9.17) is 14.0 Å². The molecular weight excluding hydrogens is 449 g/mol. The standard InChI is InChI=1S/C24H40BN5O5/c1-15(28-21(32)33-22(2,3)4)19(31)29-17-11-9-10-12-18(17)30-20-26-13-16(14-27-20)25-34-23(5,6)24(7,8)35-25/h13-15,17-18H,9-12H2,1-8H3,(H,28,32)(H,29,31)(H,26,27,30)/t15-,17-,18+/m0/s1. The molecule has 10 nitrogen and oxygen atoms in total. The highest BCUT2D eigenvalue weighted by atomic mass is 16.7. The highest BCUT2D eigenvalue weighted by molar-refractivity contribution is 6.61. The van der Waals surface area contributed by atoms with E-state index in [1.54, 1.807) is 40.1 Å². The molecule has 0 bridgehead atoms. The first-order chi connectivity index (χ1) is 16.2. The zero-order chi connectivity index (χ0) is 26.0. The van der Waals surface area contributed by atoms with Crippen LogP contribution in [0.1, 0.15) is 81.1 Å². The van der Waals surface area contributed by atoms with Gasteiger partial charge in [0, 0.05) is 29.9 Å². The average molecular weight is 489 g/mol. The van der Waals surface area contributed by atoms with Gasteiger partial charge in [-0.05, 0) is 68.2 Å². The van der Waals surface area contributed by atoms with E-state index in [0.29, 0.717) is 5.95 Å². The quantitative estimate of drug-likeness (QED) is 0.521. The second-order valence-electron chi connectivity index (χ2n) is 11.4. The maximum Gasteiger partial charge on any atom is 0.498 e. The van der Waals surface area contributed by atoms with E-state index in [1.807, 2.05) is 27.7 Å². The molecule has 0 unspecified atom stereocenters. The van der Waals surface area contributed by atoms with Crippen molar-refractivity contribution in [1.82, 2.24) is 20.6 Å². The van der Waals surface area contributed by atoms with Crippen molar-refractivity contribution in [2.24, 2.45) is 0 Å². The van der Waals surface area contributed by atoms with Gasteiger partial charge in [-0.3, -0.25) is 4.79 Å². The van der Waals surface area contributed by atoms with E-state index < -0.39 is 36.1 Å². The lowest BCUT2D eigenvalue weighted by Gasteiger charge is -2.33. The molecule has 2 fully saturated rings. The molecule has 3 rings (SSSR count). The van der Waals surface area contributed by atoms with Gasteiger partial charge < -0.3 is 30.0 Å². The molecular formula is C24H40BN5O5. The minimum absolute atomic E-state index is 0.0240. The Hall–Kier alpha value is -2.40. The van der Waals surface area contributed by atoms with E-state index in [-0.39, 0.29) is 18.0 Å². The van der Waals surface area contributed by atoms with Crippen LogP contribution >= 0.6 is 0 Å². The first-order valence-electron chi connectivity index (χ1n) is 12.4. The van der Waals surface area contributed by atoms with Crippen molar-refractivity contribution in [3.05, 3.63) is 12.4 Å². The molecule has 3 N–H and O–H groups in total. The van der Waals surface area contributed by atoms with Crippen LogP contribution < -0.4 is 21.4 Å². The summed E-state index contributed by atoms with van der Waals surface area (Å²) >= 11 is 0. The molecule has 1 saturated carbocycles. The Morgan fingerprint density at radius 1 is 1.06 bits per heavy atom. The normalized spacial score (nSPS) is 24.4. The minimum atomic E-state index is -0.720. The first-order valence-corrected chi connectivity index (χ1v) is 12.4. The average Bonchev–Trinajstić information content (AvgIpc) is 2.95. The molecule has 1 saturated heterocycles. The maximum atomic E-state index is 12.7. The Morgan fingerprint density at radius 2 is 1.60 bits per heavy atom. The molecule has 194 valence electrons. The molecule has 2 amide bonds.